The number of carbonyl (C=O) groups is 2. The minimum atomic E-state index is -4.72. The summed E-state index contributed by atoms with van der Waals surface area (Å²) in [6.07, 6.45) is -2.54. The van der Waals surface area contributed by atoms with E-state index in [2.05, 4.69) is 0 Å². The predicted octanol–water partition coefficient (Wildman–Crippen LogP) is 5.28. The Balaban J connectivity index is 1.36. The molecule has 3 fully saturated rings. The Morgan fingerprint density at radius 2 is 1.59 bits per heavy atom. The first-order valence-corrected chi connectivity index (χ1v) is 15.7. The monoisotopic (exact) mass is 631 g/mol. The second-order valence-corrected chi connectivity index (χ2v) is 14.0. The molecule has 1 aliphatic carbocycles. The van der Waals surface area contributed by atoms with Crippen molar-refractivity contribution in [1.82, 2.24) is 14.1 Å². The van der Waals surface area contributed by atoms with E-state index >= 15 is 0 Å². The molecule has 0 aromatic heterocycles. The van der Waals surface area contributed by atoms with E-state index in [4.69, 9.17) is 23.2 Å². The first kappa shape index (κ1) is 30.1. The lowest BCUT2D eigenvalue weighted by Gasteiger charge is -2.33. The number of nitrogens with zero attached hydrogens (tertiary/aromatic N) is 3. The molecule has 1 saturated carbocycles. The Bertz CT molecular complexity index is 1430. The van der Waals surface area contributed by atoms with Gasteiger partial charge in [-0.15, -0.1) is 0 Å². The van der Waals surface area contributed by atoms with Crippen molar-refractivity contribution < 1.29 is 31.2 Å². The third-order valence-electron chi connectivity index (χ3n) is 8.36. The molecule has 0 spiro atoms. The summed E-state index contributed by atoms with van der Waals surface area (Å²) in [5.41, 5.74) is -0.534. The van der Waals surface area contributed by atoms with Gasteiger partial charge in [-0.05, 0) is 55.5 Å². The van der Waals surface area contributed by atoms with Gasteiger partial charge in [0.25, 0.3) is 5.91 Å². The third-order valence-corrected chi connectivity index (χ3v) is 11.4. The maximum atomic E-state index is 13.6. The molecule has 2 unspecified atom stereocenters. The number of alkyl halides is 3. The van der Waals surface area contributed by atoms with Gasteiger partial charge in [-0.2, -0.15) is 13.2 Å². The summed E-state index contributed by atoms with van der Waals surface area (Å²) in [6, 6.07) is 9.72. The van der Waals surface area contributed by atoms with Crippen molar-refractivity contribution in [3.8, 4) is 0 Å². The van der Waals surface area contributed by atoms with E-state index in [9.17, 15) is 31.2 Å². The van der Waals surface area contributed by atoms with Gasteiger partial charge < -0.3 is 9.80 Å². The molecule has 0 bridgehead atoms. The fraction of sp³-hybridized carbons (Fsp3) is 0.500. The van der Waals surface area contributed by atoms with E-state index in [1.165, 1.54) is 22.3 Å². The predicted molar refractivity (Wildman–Crippen MR) is 149 cm³/mol. The van der Waals surface area contributed by atoms with Gasteiger partial charge in [0.1, 0.15) is 0 Å². The average molecular weight is 633 g/mol. The van der Waals surface area contributed by atoms with Crippen molar-refractivity contribution in [2.75, 3.05) is 33.2 Å². The topological polar surface area (TPSA) is 78.0 Å². The van der Waals surface area contributed by atoms with Crippen LogP contribution in [0.1, 0.15) is 53.1 Å². The zero-order chi connectivity index (χ0) is 29.7. The van der Waals surface area contributed by atoms with Crippen LogP contribution in [0, 0.1) is 5.92 Å². The smallest absolute Gasteiger partial charge is 0.340 e. The highest BCUT2D eigenvalue weighted by atomic mass is 35.5. The van der Waals surface area contributed by atoms with Crippen LogP contribution in [0.3, 0.4) is 0 Å². The molecule has 7 nitrogen and oxygen atoms in total. The molecule has 2 atom stereocenters. The van der Waals surface area contributed by atoms with Crippen LogP contribution in [0.5, 0.6) is 0 Å². The molecule has 41 heavy (non-hydrogen) atoms. The molecule has 2 saturated heterocycles. The maximum Gasteiger partial charge on any atom is 0.417 e. The number of sulfonamides is 1. The van der Waals surface area contributed by atoms with Gasteiger partial charge in [0.2, 0.25) is 15.9 Å². The summed E-state index contributed by atoms with van der Waals surface area (Å²) in [5, 5.41) is -0.448. The van der Waals surface area contributed by atoms with Gasteiger partial charge >= 0.3 is 6.18 Å². The summed E-state index contributed by atoms with van der Waals surface area (Å²) >= 11 is 12.1. The van der Waals surface area contributed by atoms with Crippen molar-refractivity contribution in [2.24, 2.45) is 5.92 Å². The van der Waals surface area contributed by atoms with E-state index < -0.39 is 38.7 Å². The first-order valence-electron chi connectivity index (χ1n) is 13.4. The number of likely N-dealkylation sites (tertiary alicyclic amines) is 1. The molecular formula is C28H30Cl2F3N3O4S. The summed E-state index contributed by atoms with van der Waals surface area (Å²) < 4.78 is 67.1. The maximum absolute atomic E-state index is 13.6. The Morgan fingerprint density at radius 3 is 2.17 bits per heavy atom. The summed E-state index contributed by atoms with van der Waals surface area (Å²) in [5.74, 6) is -1.49. The number of hydrogen-bond acceptors (Lipinski definition) is 4. The number of likely N-dealkylation sites (N-methyl/N-ethyl adjacent to an activating group) is 1. The Morgan fingerprint density at radius 1 is 0.951 bits per heavy atom. The van der Waals surface area contributed by atoms with Crippen molar-refractivity contribution >= 4 is 45.0 Å². The SMILES string of the molecule is CN(C(=O)c1cccc(C(F)(F)F)c1Cl)C1CN(C(=O)C2CCN(S(=O)(=O)C3CC3)CC2)CC1c1ccc(Cl)cc1. The highest BCUT2D eigenvalue weighted by molar-refractivity contribution is 7.90. The molecule has 222 valence electrons. The number of piperidine rings is 1. The number of halogens is 5. The molecule has 0 N–H and O–H groups in total. The van der Waals surface area contributed by atoms with Crippen LogP contribution in [0.15, 0.2) is 42.5 Å². The fourth-order valence-electron chi connectivity index (χ4n) is 5.85. The van der Waals surface area contributed by atoms with Crippen molar-refractivity contribution in [3.05, 3.63) is 69.2 Å². The van der Waals surface area contributed by atoms with Crippen LogP contribution in [0.2, 0.25) is 10.0 Å². The molecule has 5 rings (SSSR count). The fourth-order valence-corrected chi connectivity index (χ4v) is 8.16. The van der Waals surface area contributed by atoms with Crippen LogP contribution in [-0.2, 0) is 21.0 Å². The number of amides is 2. The Hall–Kier alpha value is -2.34. The summed E-state index contributed by atoms with van der Waals surface area (Å²) in [6.45, 7) is 1.05. The Kier molecular flexibility index (Phi) is 8.37. The van der Waals surface area contributed by atoms with E-state index in [1.807, 2.05) is 12.1 Å². The minimum absolute atomic E-state index is 0.118. The van der Waals surface area contributed by atoms with Crippen LogP contribution < -0.4 is 0 Å². The number of hydrogen-bond donors (Lipinski definition) is 0. The normalized spacial score (nSPS) is 22.6. The van der Waals surface area contributed by atoms with Crippen molar-refractivity contribution in [2.45, 2.75) is 49.1 Å². The molecule has 2 heterocycles. The van der Waals surface area contributed by atoms with E-state index in [0.717, 1.165) is 17.7 Å². The molecule has 2 aliphatic heterocycles. The lowest BCUT2D eigenvalue weighted by atomic mass is 9.93. The number of carbonyl (C=O) groups excluding carboxylic acids is 2. The first-order chi connectivity index (χ1) is 19.3. The van der Waals surface area contributed by atoms with Crippen molar-refractivity contribution in [3.63, 3.8) is 0 Å². The molecule has 0 radical (unpaired) electrons. The van der Waals surface area contributed by atoms with E-state index in [1.54, 1.807) is 17.0 Å². The number of rotatable bonds is 6. The average Bonchev–Trinajstić information content (AvgIpc) is 3.72. The van der Waals surface area contributed by atoms with E-state index in [0.29, 0.717) is 50.3 Å². The highest BCUT2D eigenvalue weighted by Crippen LogP contribution is 2.39. The number of benzene rings is 2. The summed E-state index contributed by atoms with van der Waals surface area (Å²) in [7, 11) is -1.80. The highest BCUT2D eigenvalue weighted by Gasteiger charge is 2.45. The third kappa shape index (κ3) is 6.09. The second-order valence-electron chi connectivity index (χ2n) is 11.0. The lowest BCUT2D eigenvalue weighted by Crippen LogP contribution is -2.46. The standard InChI is InChI=1S/C28H30Cl2F3N3O4S/c1-34(27(38)21-3-2-4-23(25(21)30)28(31,32)33)24-16-35(15-22(24)17-5-7-19(29)8-6-17)26(37)18-11-13-36(14-12-18)41(39,40)20-9-10-20/h2-8,18,20,22,24H,9-16H2,1H3. The van der Waals surface area contributed by atoms with Gasteiger partial charge in [-0.3, -0.25) is 9.59 Å². The molecule has 2 aromatic carbocycles. The second kappa shape index (κ2) is 11.4. The van der Waals surface area contributed by atoms with E-state index in [-0.39, 0.29) is 35.1 Å². The summed E-state index contributed by atoms with van der Waals surface area (Å²) in [4.78, 5) is 30.2. The molecule has 13 heteroatoms. The van der Waals surface area contributed by atoms with Crippen LogP contribution >= 0.6 is 23.2 Å². The Labute approximate surface area is 247 Å². The van der Waals surface area contributed by atoms with Gasteiger partial charge in [0, 0.05) is 50.1 Å². The zero-order valence-corrected chi connectivity index (χ0v) is 24.6. The van der Waals surface area contributed by atoms with Crippen LogP contribution in [0.4, 0.5) is 13.2 Å². The largest absolute Gasteiger partial charge is 0.417 e. The van der Waals surface area contributed by atoms with Gasteiger partial charge in [-0.25, -0.2) is 12.7 Å². The quantitative estimate of drug-likeness (QED) is 0.434. The van der Waals surface area contributed by atoms with Gasteiger partial charge in [0.15, 0.2) is 0 Å². The van der Waals surface area contributed by atoms with Crippen LogP contribution in [0.25, 0.3) is 0 Å². The van der Waals surface area contributed by atoms with Gasteiger partial charge in [-0.1, -0.05) is 41.4 Å². The molecule has 3 aliphatic rings. The minimum Gasteiger partial charge on any atom is -0.340 e. The molecule has 2 aromatic rings. The van der Waals surface area contributed by atoms with Crippen molar-refractivity contribution in [1.29, 1.82) is 0 Å². The molecule has 2 amide bonds. The molecular weight excluding hydrogens is 602 g/mol. The van der Waals surface area contributed by atoms with Gasteiger partial charge in [0.05, 0.1) is 27.4 Å². The lowest BCUT2D eigenvalue weighted by molar-refractivity contribution is -0.137. The van der Waals surface area contributed by atoms with Crippen LogP contribution in [-0.4, -0.2) is 78.9 Å². The zero-order valence-electron chi connectivity index (χ0n) is 22.3.